The van der Waals surface area contributed by atoms with Crippen LogP contribution in [0.3, 0.4) is 0 Å². The molecular formula is C17H23NO. The van der Waals surface area contributed by atoms with E-state index < -0.39 is 0 Å². The van der Waals surface area contributed by atoms with E-state index in [1.165, 1.54) is 24.0 Å². The fourth-order valence-corrected chi connectivity index (χ4v) is 3.54. The molecule has 102 valence electrons. The van der Waals surface area contributed by atoms with Gasteiger partial charge in [-0.3, -0.25) is 4.79 Å². The minimum Gasteiger partial charge on any atom is -0.317 e. The van der Waals surface area contributed by atoms with E-state index in [4.69, 9.17) is 0 Å². The number of Topliss-reactive ketones (excluding diaryl/α,β-unsaturated/α-hetero) is 1. The molecule has 0 radical (unpaired) electrons. The Hall–Kier alpha value is -1.15. The zero-order valence-electron chi connectivity index (χ0n) is 11.7. The van der Waals surface area contributed by atoms with E-state index in [9.17, 15) is 4.79 Å². The number of fused-ring (bicyclic) bond motifs is 1. The first kappa shape index (κ1) is 12.9. The van der Waals surface area contributed by atoms with Crippen molar-refractivity contribution in [1.82, 2.24) is 5.32 Å². The number of hydrogen-bond acceptors (Lipinski definition) is 2. The van der Waals surface area contributed by atoms with Gasteiger partial charge in [-0.25, -0.2) is 0 Å². The van der Waals surface area contributed by atoms with Crippen LogP contribution in [0, 0.1) is 11.8 Å². The molecule has 1 fully saturated rings. The fourth-order valence-electron chi connectivity index (χ4n) is 3.54. The number of carbonyl (C=O) groups is 1. The highest BCUT2D eigenvalue weighted by Crippen LogP contribution is 2.33. The summed E-state index contributed by atoms with van der Waals surface area (Å²) in [6, 6.07) is 6.48. The number of hydrogen-bond donors (Lipinski definition) is 1. The lowest BCUT2D eigenvalue weighted by molar-refractivity contribution is 0.0913. The first-order chi connectivity index (χ1) is 9.28. The number of benzene rings is 1. The van der Waals surface area contributed by atoms with Crippen LogP contribution in [0.5, 0.6) is 0 Å². The molecule has 2 aliphatic rings. The van der Waals surface area contributed by atoms with Gasteiger partial charge in [0.25, 0.3) is 0 Å². The maximum Gasteiger partial charge on any atom is 0.166 e. The van der Waals surface area contributed by atoms with Crippen LogP contribution in [0.2, 0.25) is 0 Å². The number of aryl methyl sites for hydroxylation is 1. The van der Waals surface area contributed by atoms with Crippen molar-refractivity contribution in [2.45, 2.75) is 39.0 Å². The normalized spacial score (nSPS) is 23.6. The number of piperidine rings is 1. The summed E-state index contributed by atoms with van der Waals surface area (Å²) in [6.45, 7) is 4.39. The van der Waals surface area contributed by atoms with E-state index in [1.54, 1.807) is 0 Å². The predicted molar refractivity (Wildman–Crippen MR) is 77.6 cm³/mol. The largest absolute Gasteiger partial charge is 0.317 e. The smallest absolute Gasteiger partial charge is 0.166 e. The number of rotatable bonds is 3. The summed E-state index contributed by atoms with van der Waals surface area (Å²) in [5.41, 5.74) is 3.58. The summed E-state index contributed by atoms with van der Waals surface area (Å²) in [4.78, 5) is 12.5. The Labute approximate surface area is 115 Å². The van der Waals surface area contributed by atoms with Gasteiger partial charge < -0.3 is 5.32 Å². The summed E-state index contributed by atoms with van der Waals surface area (Å²) < 4.78 is 0. The third-order valence-electron chi connectivity index (χ3n) is 4.76. The lowest BCUT2D eigenvalue weighted by Gasteiger charge is -2.24. The summed E-state index contributed by atoms with van der Waals surface area (Å²) in [5, 5.41) is 3.40. The molecule has 1 atom stereocenters. The average Bonchev–Trinajstić information content (AvgIpc) is 2.76. The lowest BCUT2D eigenvalue weighted by Crippen LogP contribution is -2.29. The van der Waals surface area contributed by atoms with Crippen LogP contribution >= 0.6 is 0 Å². The van der Waals surface area contributed by atoms with Gasteiger partial charge in [-0.15, -0.1) is 0 Å². The Morgan fingerprint density at radius 3 is 2.79 bits per heavy atom. The maximum absolute atomic E-state index is 12.5. The van der Waals surface area contributed by atoms with E-state index in [1.807, 2.05) is 0 Å². The van der Waals surface area contributed by atoms with E-state index in [-0.39, 0.29) is 5.92 Å². The van der Waals surface area contributed by atoms with Crippen LogP contribution in [0.15, 0.2) is 18.2 Å². The second-order valence-corrected chi connectivity index (χ2v) is 6.04. The minimum atomic E-state index is 0.255. The third-order valence-corrected chi connectivity index (χ3v) is 4.76. The standard InChI is InChI=1S/C17H23NO/c1-2-12-3-4-14-11-15(17(19)16(14)10-12)9-13-5-7-18-8-6-13/h3-4,10,13,15,18H,2,5-9,11H2,1H3. The summed E-state index contributed by atoms with van der Waals surface area (Å²) in [7, 11) is 0. The second-order valence-electron chi connectivity index (χ2n) is 6.04. The Balaban J connectivity index is 1.71. The van der Waals surface area contributed by atoms with Crippen molar-refractivity contribution in [2.24, 2.45) is 11.8 Å². The predicted octanol–water partition coefficient (Wildman–Crippen LogP) is 2.99. The molecule has 2 nitrogen and oxygen atoms in total. The fraction of sp³-hybridized carbons (Fsp3) is 0.588. The number of ketones is 1. The molecule has 1 aromatic carbocycles. The molecule has 0 saturated carbocycles. The van der Waals surface area contributed by atoms with Gasteiger partial charge in [-0.1, -0.05) is 19.1 Å². The molecular weight excluding hydrogens is 234 g/mol. The van der Waals surface area contributed by atoms with Crippen LogP contribution in [0.1, 0.15) is 47.7 Å². The van der Waals surface area contributed by atoms with Crippen LogP contribution in [-0.4, -0.2) is 18.9 Å². The first-order valence-electron chi connectivity index (χ1n) is 7.64. The molecule has 1 N–H and O–H groups in total. The highest BCUT2D eigenvalue weighted by atomic mass is 16.1. The summed E-state index contributed by atoms with van der Waals surface area (Å²) in [6.07, 6.45) is 5.55. The molecule has 1 heterocycles. The molecule has 1 aliphatic carbocycles. The molecule has 19 heavy (non-hydrogen) atoms. The van der Waals surface area contributed by atoms with Crippen molar-refractivity contribution in [3.05, 3.63) is 34.9 Å². The summed E-state index contributed by atoms with van der Waals surface area (Å²) in [5.74, 6) is 1.41. The number of carbonyl (C=O) groups excluding carboxylic acids is 1. The Bertz CT molecular complexity index is 474. The molecule has 0 aromatic heterocycles. The molecule has 1 unspecified atom stereocenters. The maximum atomic E-state index is 12.5. The average molecular weight is 257 g/mol. The highest BCUT2D eigenvalue weighted by molar-refractivity contribution is 6.02. The van der Waals surface area contributed by atoms with Gasteiger partial charge in [0.15, 0.2) is 5.78 Å². The highest BCUT2D eigenvalue weighted by Gasteiger charge is 2.32. The SMILES string of the molecule is CCc1ccc2c(c1)C(=O)C(CC1CCNCC1)C2. The van der Waals surface area contributed by atoms with Crippen molar-refractivity contribution in [3.8, 4) is 0 Å². The third kappa shape index (κ3) is 2.59. The Morgan fingerprint density at radius 2 is 2.05 bits per heavy atom. The molecule has 0 spiro atoms. The van der Waals surface area contributed by atoms with Crippen molar-refractivity contribution in [1.29, 1.82) is 0 Å². The molecule has 0 bridgehead atoms. The van der Waals surface area contributed by atoms with Gasteiger partial charge >= 0.3 is 0 Å². The second kappa shape index (κ2) is 5.46. The van der Waals surface area contributed by atoms with Crippen LogP contribution in [0.25, 0.3) is 0 Å². The zero-order chi connectivity index (χ0) is 13.2. The van der Waals surface area contributed by atoms with Crippen LogP contribution in [-0.2, 0) is 12.8 Å². The zero-order valence-corrected chi connectivity index (χ0v) is 11.7. The van der Waals surface area contributed by atoms with Crippen molar-refractivity contribution in [3.63, 3.8) is 0 Å². The molecule has 3 rings (SSSR count). The monoisotopic (exact) mass is 257 g/mol. The molecule has 1 saturated heterocycles. The van der Waals surface area contributed by atoms with E-state index in [2.05, 4.69) is 30.4 Å². The van der Waals surface area contributed by atoms with Gasteiger partial charge in [-0.05, 0) is 68.3 Å². The molecule has 1 aromatic rings. The van der Waals surface area contributed by atoms with E-state index in [0.29, 0.717) is 5.78 Å². The van der Waals surface area contributed by atoms with Gasteiger partial charge in [-0.2, -0.15) is 0 Å². The molecule has 0 amide bonds. The quantitative estimate of drug-likeness (QED) is 0.902. The molecule has 1 aliphatic heterocycles. The first-order valence-corrected chi connectivity index (χ1v) is 7.64. The summed E-state index contributed by atoms with van der Waals surface area (Å²) >= 11 is 0. The Morgan fingerprint density at radius 1 is 1.26 bits per heavy atom. The van der Waals surface area contributed by atoms with Crippen LogP contribution in [0.4, 0.5) is 0 Å². The topological polar surface area (TPSA) is 29.1 Å². The van der Waals surface area contributed by atoms with Crippen molar-refractivity contribution >= 4 is 5.78 Å². The lowest BCUT2D eigenvalue weighted by atomic mass is 9.86. The van der Waals surface area contributed by atoms with Gasteiger partial charge in [0.05, 0.1) is 0 Å². The van der Waals surface area contributed by atoms with Gasteiger partial charge in [0.1, 0.15) is 0 Å². The van der Waals surface area contributed by atoms with Crippen molar-refractivity contribution < 1.29 is 4.79 Å². The van der Waals surface area contributed by atoms with Gasteiger partial charge in [0.2, 0.25) is 0 Å². The van der Waals surface area contributed by atoms with Crippen LogP contribution < -0.4 is 5.32 Å². The minimum absolute atomic E-state index is 0.255. The van der Waals surface area contributed by atoms with Crippen molar-refractivity contribution in [2.75, 3.05) is 13.1 Å². The van der Waals surface area contributed by atoms with E-state index in [0.717, 1.165) is 43.8 Å². The molecule has 2 heteroatoms. The number of nitrogens with one attached hydrogen (secondary N) is 1. The van der Waals surface area contributed by atoms with Gasteiger partial charge in [0, 0.05) is 11.5 Å². The van der Waals surface area contributed by atoms with E-state index >= 15 is 0 Å². The Kier molecular flexibility index (Phi) is 3.69.